The smallest absolute Gasteiger partial charge is 0.274 e. The zero-order valence-electron chi connectivity index (χ0n) is 14.5. The van der Waals surface area contributed by atoms with Gasteiger partial charge in [0.05, 0.1) is 12.4 Å². The molecule has 1 unspecified atom stereocenters. The first kappa shape index (κ1) is 16.4. The van der Waals surface area contributed by atoms with E-state index < -0.39 is 0 Å². The third kappa shape index (κ3) is 3.55. The van der Waals surface area contributed by atoms with Crippen LogP contribution in [0.4, 0.5) is 11.5 Å². The Labute approximate surface area is 143 Å². The second-order valence-electron chi connectivity index (χ2n) is 6.66. The van der Waals surface area contributed by atoms with Crippen molar-refractivity contribution < 1.29 is 4.79 Å². The van der Waals surface area contributed by atoms with Crippen molar-refractivity contribution in [1.82, 2.24) is 14.9 Å². The topological polar surface area (TPSA) is 58.1 Å². The highest BCUT2D eigenvalue weighted by atomic mass is 16.2. The van der Waals surface area contributed by atoms with E-state index in [4.69, 9.17) is 0 Å². The molecule has 0 saturated carbocycles. The molecule has 0 aliphatic carbocycles. The van der Waals surface area contributed by atoms with Crippen molar-refractivity contribution in [1.29, 1.82) is 0 Å². The number of nitrogens with one attached hydrogen (secondary N) is 1. The molecule has 3 rings (SSSR count). The van der Waals surface area contributed by atoms with E-state index in [1.54, 1.807) is 12.4 Å². The molecule has 1 aliphatic rings. The van der Waals surface area contributed by atoms with Crippen LogP contribution < -0.4 is 5.32 Å². The van der Waals surface area contributed by atoms with Gasteiger partial charge in [-0.15, -0.1) is 0 Å². The Kier molecular flexibility index (Phi) is 4.79. The van der Waals surface area contributed by atoms with Crippen LogP contribution in [0.2, 0.25) is 0 Å². The Morgan fingerprint density at radius 3 is 2.79 bits per heavy atom. The third-order valence-corrected chi connectivity index (χ3v) is 4.68. The molecular weight excluding hydrogens is 300 g/mol. The summed E-state index contributed by atoms with van der Waals surface area (Å²) in [5, 5.41) is 3.27. The van der Waals surface area contributed by atoms with Gasteiger partial charge in [0.15, 0.2) is 0 Å². The Hall–Kier alpha value is -2.43. The molecule has 1 aromatic heterocycles. The number of aryl methyl sites for hydroxylation is 1. The third-order valence-electron chi connectivity index (χ3n) is 4.68. The molecule has 1 amide bonds. The highest BCUT2D eigenvalue weighted by molar-refractivity contribution is 5.92. The molecular formula is C19H24N4O. The van der Waals surface area contributed by atoms with Gasteiger partial charge in [-0.05, 0) is 49.8 Å². The SMILES string of the molecule is Cc1cccc(Nc2cnc(C(=O)N3CCCC(C)C3)cn2)c1C. The number of likely N-dealkylation sites (tertiary alicyclic amines) is 1. The van der Waals surface area contributed by atoms with Gasteiger partial charge in [-0.25, -0.2) is 9.97 Å². The van der Waals surface area contributed by atoms with E-state index in [0.717, 1.165) is 25.2 Å². The summed E-state index contributed by atoms with van der Waals surface area (Å²) in [5.41, 5.74) is 3.82. The highest BCUT2D eigenvalue weighted by Crippen LogP contribution is 2.22. The maximum atomic E-state index is 12.5. The number of hydrogen-bond acceptors (Lipinski definition) is 4. The van der Waals surface area contributed by atoms with Crippen LogP contribution in [0, 0.1) is 19.8 Å². The van der Waals surface area contributed by atoms with E-state index >= 15 is 0 Å². The van der Waals surface area contributed by atoms with Gasteiger partial charge in [0.2, 0.25) is 0 Å². The number of aromatic nitrogens is 2. The van der Waals surface area contributed by atoms with Gasteiger partial charge < -0.3 is 10.2 Å². The molecule has 5 nitrogen and oxygen atoms in total. The van der Waals surface area contributed by atoms with Crippen LogP contribution in [0.3, 0.4) is 0 Å². The Morgan fingerprint density at radius 1 is 1.25 bits per heavy atom. The zero-order chi connectivity index (χ0) is 17.1. The summed E-state index contributed by atoms with van der Waals surface area (Å²) >= 11 is 0. The molecule has 24 heavy (non-hydrogen) atoms. The summed E-state index contributed by atoms with van der Waals surface area (Å²) < 4.78 is 0. The van der Waals surface area contributed by atoms with Gasteiger partial charge in [0, 0.05) is 18.8 Å². The number of hydrogen-bond donors (Lipinski definition) is 1. The van der Waals surface area contributed by atoms with Gasteiger partial charge in [0.1, 0.15) is 11.5 Å². The maximum absolute atomic E-state index is 12.5. The largest absolute Gasteiger partial charge is 0.339 e. The van der Waals surface area contributed by atoms with E-state index in [1.165, 1.54) is 17.5 Å². The lowest BCUT2D eigenvalue weighted by Crippen LogP contribution is -2.39. The van der Waals surface area contributed by atoms with Crippen molar-refractivity contribution in [2.24, 2.45) is 5.92 Å². The van der Waals surface area contributed by atoms with Crippen LogP contribution in [0.25, 0.3) is 0 Å². The fourth-order valence-electron chi connectivity index (χ4n) is 3.06. The summed E-state index contributed by atoms with van der Waals surface area (Å²) in [4.78, 5) is 23.1. The van der Waals surface area contributed by atoms with E-state index in [9.17, 15) is 4.79 Å². The molecule has 0 bridgehead atoms. The number of piperidine rings is 1. The first-order valence-corrected chi connectivity index (χ1v) is 8.49. The number of carbonyl (C=O) groups excluding carboxylic acids is 1. The lowest BCUT2D eigenvalue weighted by atomic mass is 10.0. The number of anilines is 2. The van der Waals surface area contributed by atoms with Gasteiger partial charge in [0.25, 0.3) is 5.91 Å². The standard InChI is InChI=1S/C19H24N4O/c1-13-6-5-9-23(12-13)19(24)17-10-21-18(11-20-17)22-16-8-4-7-14(2)15(16)3/h4,7-8,10-11,13H,5-6,9,12H2,1-3H3,(H,21,22). The molecule has 2 aromatic rings. The molecule has 0 radical (unpaired) electrons. The Balaban J connectivity index is 1.71. The quantitative estimate of drug-likeness (QED) is 0.935. The van der Waals surface area contributed by atoms with E-state index in [-0.39, 0.29) is 5.91 Å². The number of rotatable bonds is 3. The molecule has 1 aliphatic heterocycles. The van der Waals surface area contributed by atoms with Crippen molar-refractivity contribution in [2.75, 3.05) is 18.4 Å². The first-order valence-electron chi connectivity index (χ1n) is 8.49. The van der Waals surface area contributed by atoms with E-state index in [1.807, 2.05) is 17.0 Å². The van der Waals surface area contributed by atoms with E-state index in [0.29, 0.717) is 17.4 Å². The first-order chi connectivity index (χ1) is 11.5. The van der Waals surface area contributed by atoms with Crippen LogP contribution in [0.5, 0.6) is 0 Å². The van der Waals surface area contributed by atoms with Crippen LogP contribution in [0.1, 0.15) is 41.4 Å². The van der Waals surface area contributed by atoms with Gasteiger partial charge in [-0.3, -0.25) is 4.79 Å². The summed E-state index contributed by atoms with van der Waals surface area (Å²) in [6.07, 6.45) is 5.44. The lowest BCUT2D eigenvalue weighted by molar-refractivity contribution is 0.0676. The molecule has 1 atom stereocenters. The zero-order valence-corrected chi connectivity index (χ0v) is 14.5. The Morgan fingerprint density at radius 2 is 2.08 bits per heavy atom. The van der Waals surface area contributed by atoms with Crippen molar-refractivity contribution in [3.8, 4) is 0 Å². The molecule has 1 fully saturated rings. The van der Waals surface area contributed by atoms with Crippen molar-refractivity contribution in [2.45, 2.75) is 33.6 Å². The average molecular weight is 324 g/mol. The van der Waals surface area contributed by atoms with Gasteiger partial charge in [-0.1, -0.05) is 19.1 Å². The summed E-state index contributed by atoms with van der Waals surface area (Å²) in [6.45, 7) is 7.95. The predicted octanol–water partition coefficient (Wildman–Crippen LogP) is 3.71. The van der Waals surface area contributed by atoms with E-state index in [2.05, 4.69) is 42.1 Å². The molecule has 1 saturated heterocycles. The lowest BCUT2D eigenvalue weighted by Gasteiger charge is -2.30. The van der Waals surface area contributed by atoms with Crippen LogP contribution in [-0.2, 0) is 0 Å². The molecule has 1 N–H and O–H groups in total. The number of amides is 1. The van der Waals surface area contributed by atoms with Gasteiger partial charge >= 0.3 is 0 Å². The maximum Gasteiger partial charge on any atom is 0.274 e. The van der Waals surface area contributed by atoms with Crippen LogP contribution in [0.15, 0.2) is 30.6 Å². The average Bonchev–Trinajstić information content (AvgIpc) is 2.59. The molecule has 126 valence electrons. The number of benzene rings is 1. The number of carbonyl (C=O) groups is 1. The molecule has 2 heterocycles. The monoisotopic (exact) mass is 324 g/mol. The summed E-state index contributed by atoms with van der Waals surface area (Å²) in [6, 6.07) is 6.10. The second kappa shape index (κ2) is 6.99. The second-order valence-corrected chi connectivity index (χ2v) is 6.66. The van der Waals surface area contributed by atoms with Crippen molar-refractivity contribution in [3.05, 3.63) is 47.4 Å². The summed E-state index contributed by atoms with van der Waals surface area (Å²) in [7, 11) is 0. The minimum atomic E-state index is -0.0210. The van der Waals surface area contributed by atoms with Gasteiger partial charge in [-0.2, -0.15) is 0 Å². The minimum absolute atomic E-state index is 0.0210. The molecule has 0 spiro atoms. The number of nitrogens with zero attached hydrogens (tertiary/aromatic N) is 3. The minimum Gasteiger partial charge on any atom is -0.339 e. The fourth-order valence-corrected chi connectivity index (χ4v) is 3.06. The molecule has 1 aromatic carbocycles. The van der Waals surface area contributed by atoms with Crippen LogP contribution >= 0.6 is 0 Å². The van der Waals surface area contributed by atoms with Crippen molar-refractivity contribution in [3.63, 3.8) is 0 Å². The predicted molar refractivity (Wildman–Crippen MR) is 95.5 cm³/mol. The normalized spacial score (nSPS) is 17.6. The van der Waals surface area contributed by atoms with Crippen molar-refractivity contribution >= 4 is 17.4 Å². The summed E-state index contributed by atoms with van der Waals surface area (Å²) in [5.74, 6) is 1.18. The molecule has 5 heteroatoms. The van der Waals surface area contributed by atoms with Crippen LogP contribution in [-0.4, -0.2) is 33.9 Å². The fraction of sp³-hybridized carbons (Fsp3) is 0.421. The highest BCUT2D eigenvalue weighted by Gasteiger charge is 2.23. The Bertz CT molecular complexity index is 727.